The van der Waals surface area contributed by atoms with Gasteiger partial charge in [-0.2, -0.15) is 0 Å². The SMILES string of the molecule is CCOC(=O)c1ccccc1NC(=O)C[NH2+]C(c1ccccc1)c1ccccc1. The number of carbonyl (C=O) groups excluding carboxylic acids is 2. The average Bonchev–Trinajstić information content (AvgIpc) is 2.76. The summed E-state index contributed by atoms with van der Waals surface area (Å²) in [5.41, 5.74) is 3.06. The quantitative estimate of drug-likeness (QED) is 0.582. The Morgan fingerprint density at radius 1 is 0.862 bits per heavy atom. The number of hydrogen-bond acceptors (Lipinski definition) is 3. The minimum absolute atomic E-state index is 0.00319. The molecule has 29 heavy (non-hydrogen) atoms. The van der Waals surface area contributed by atoms with Crippen molar-refractivity contribution in [3.63, 3.8) is 0 Å². The fourth-order valence-corrected chi connectivity index (χ4v) is 3.19. The van der Waals surface area contributed by atoms with Gasteiger partial charge in [-0.1, -0.05) is 72.8 Å². The van der Waals surface area contributed by atoms with Crippen molar-refractivity contribution in [3.05, 3.63) is 102 Å². The van der Waals surface area contributed by atoms with Crippen LogP contribution in [0.2, 0.25) is 0 Å². The third-order valence-electron chi connectivity index (χ3n) is 4.55. The lowest BCUT2D eigenvalue weighted by Crippen LogP contribution is -2.87. The first kappa shape index (κ1) is 20.3. The minimum Gasteiger partial charge on any atom is -0.462 e. The molecule has 0 saturated heterocycles. The van der Waals surface area contributed by atoms with Crippen LogP contribution < -0.4 is 10.6 Å². The van der Waals surface area contributed by atoms with Gasteiger partial charge in [0.05, 0.1) is 17.9 Å². The topological polar surface area (TPSA) is 72.0 Å². The van der Waals surface area contributed by atoms with E-state index >= 15 is 0 Å². The number of esters is 1. The highest BCUT2D eigenvalue weighted by Gasteiger charge is 2.20. The molecule has 0 unspecified atom stereocenters. The van der Waals surface area contributed by atoms with Crippen LogP contribution in [-0.4, -0.2) is 25.0 Å². The number of hydrogen-bond donors (Lipinski definition) is 2. The molecule has 3 N–H and O–H groups in total. The molecule has 0 heterocycles. The van der Waals surface area contributed by atoms with Gasteiger partial charge < -0.3 is 15.4 Å². The molecular weight excluding hydrogens is 364 g/mol. The molecule has 148 valence electrons. The van der Waals surface area contributed by atoms with Gasteiger partial charge >= 0.3 is 5.97 Å². The predicted molar refractivity (Wildman–Crippen MR) is 113 cm³/mol. The third-order valence-corrected chi connectivity index (χ3v) is 4.55. The number of benzene rings is 3. The number of anilines is 1. The summed E-state index contributed by atoms with van der Waals surface area (Å²) < 4.78 is 5.07. The van der Waals surface area contributed by atoms with Crippen LogP contribution in [0, 0.1) is 0 Å². The van der Waals surface area contributed by atoms with E-state index in [0.29, 0.717) is 11.3 Å². The van der Waals surface area contributed by atoms with Crippen molar-refractivity contribution < 1.29 is 19.6 Å². The van der Waals surface area contributed by atoms with E-state index in [0.717, 1.165) is 11.1 Å². The molecular formula is C24H25N2O3+. The lowest BCUT2D eigenvalue weighted by molar-refractivity contribution is -0.676. The third kappa shape index (κ3) is 5.53. The van der Waals surface area contributed by atoms with Gasteiger partial charge in [-0.3, -0.25) is 4.79 Å². The van der Waals surface area contributed by atoms with Crippen LogP contribution >= 0.6 is 0 Å². The molecule has 1 amide bonds. The van der Waals surface area contributed by atoms with Gasteiger partial charge in [-0.25, -0.2) is 4.79 Å². The maximum absolute atomic E-state index is 12.6. The number of rotatable bonds is 8. The number of carbonyl (C=O) groups is 2. The molecule has 0 aliphatic rings. The van der Waals surface area contributed by atoms with Crippen LogP contribution in [0.15, 0.2) is 84.9 Å². The van der Waals surface area contributed by atoms with Crippen LogP contribution in [0.25, 0.3) is 0 Å². The summed E-state index contributed by atoms with van der Waals surface area (Å²) >= 11 is 0. The van der Waals surface area contributed by atoms with Gasteiger partial charge in [0, 0.05) is 11.1 Å². The minimum atomic E-state index is -0.446. The summed E-state index contributed by atoms with van der Waals surface area (Å²) in [7, 11) is 0. The van der Waals surface area contributed by atoms with Gasteiger partial charge in [-0.05, 0) is 19.1 Å². The van der Waals surface area contributed by atoms with Crippen molar-refractivity contribution in [1.82, 2.24) is 0 Å². The van der Waals surface area contributed by atoms with Gasteiger partial charge in [0.25, 0.3) is 5.91 Å². The second kappa shape index (κ2) is 10.2. The standard InChI is InChI=1S/C24H24N2O3/c1-2-29-24(28)20-15-9-10-16-21(20)26-22(27)17-25-23(18-11-5-3-6-12-18)19-13-7-4-8-14-19/h3-16,23,25H,2,17H2,1H3,(H,26,27)/p+1. The first-order chi connectivity index (χ1) is 14.2. The van der Waals surface area contributed by atoms with E-state index in [2.05, 4.69) is 29.6 Å². The maximum atomic E-state index is 12.6. The summed E-state index contributed by atoms with van der Waals surface area (Å²) in [4.78, 5) is 24.7. The summed E-state index contributed by atoms with van der Waals surface area (Å²) in [5.74, 6) is -0.627. The molecule has 0 saturated carbocycles. The molecule has 0 spiro atoms. The molecule has 0 aliphatic heterocycles. The molecule has 0 bridgehead atoms. The van der Waals surface area contributed by atoms with E-state index < -0.39 is 5.97 Å². The zero-order valence-corrected chi connectivity index (χ0v) is 16.4. The fraction of sp³-hybridized carbons (Fsp3) is 0.167. The van der Waals surface area contributed by atoms with Crippen molar-refractivity contribution in [2.24, 2.45) is 0 Å². The highest BCUT2D eigenvalue weighted by Crippen LogP contribution is 2.18. The summed E-state index contributed by atoms with van der Waals surface area (Å²) in [6, 6.07) is 27.0. The van der Waals surface area contributed by atoms with Crippen molar-refractivity contribution in [2.75, 3.05) is 18.5 Å². The van der Waals surface area contributed by atoms with Crippen molar-refractivity contribution >= 4 is 17.6 Å². The number of para-hydroxylation sites is 1. The molecule has 3 rings (SSSR count). The first-order valence-corrected chi connectivity index (χ1v) is 9.68. The predicted octanol–water partition coefficient (Wildman–Crippen LogP) is 3.15. The lowest BCUT2D eigenvalue weighted by atomic mass is 9.99. The first-order valence-electron chi connectivity index (χ1n) is 9.68. The van der Waals surface area contributed by atoms with Crippen molar-refractivity contribution in [2.45, 2.75) is 13.0 Å². The number of nitrogens with two attached hydrogens (primary N) is 1. The molecule has 3 aromatic rings. The number of quaternary nitrogens is 1. The number of amides is 1. The van der Waals surface area contributed by atoms with E-state index in [1.54, 1.807) is 31.2 Å². The number of ether oxygens (including phenoxy) is 1. The van der Waals surface area contributed by atoms with Crippen LogP contribution in [0.5, 0.6) is 0 Å². The van der Waals surface area contributed by atoms with E-state index in [9.17, 15) is 9.59 Å². The molecule has 0 aliphatic carbocycles. The summed E-state index contributed by atoms with van der Waals surface area (Å²) in [5, 5.41) is 4.83. The highest BCUT2D eigenvalue weighted by molar-refractivity contribution is 6.01. The fourth-order valence-electron chi connectivity index (χ4n) is 3.19. The Labute approximate surface area is 170 Å². The highest BCUT2D eigenvalue weighted by atomic mass is 16.5. The largest absolute Gasteiger partial charge is 0.462 e. The Hall–Kier alpha value is -3.44. The van der Waals surface area contributed by atoms with E-state index in [4.69, 9.17) is 4.74 Å². The molecule has 3 aromatic carbocycles. The van der Waals surface area contributed by atoms with Gasteiger partial charge in [0.2, 0.25) is 0 Å². The van der Waals surface area contributed by atoms with Crippen LogP contribution in [0.3, 0.4) is 0 Å². The Bertz CT molecular complexity index is 903. The zero-order valence-electron chi connectivity index (χ0n) is 16.4. The van der Waals surface area contributed by atoms with Crippen molar-refractivity contribution in [3.8, 4) is 0 Å². The second-order valence-electron chi connectivity index (χ2n) is 6.55. The Morgan fingerprint density at radius 2 is 1.41 bits per heavy atom. The monoisotopic (exact) mass is 389 g/mol. The summed E-state index contributed by atoms with van der Waals surface area (Å²) in [6.07, 6.45) is 0. The van der Waals surface area contributed by atoms with Crippen LogP contribution in [-0.2, 0) is 9.53 Å². The number of nitrogens with one attached hydrogen (secondary N) is 1. The van der Waals surface area contributed by atoms with Crippen molar-refractivity contribution in [1.29, 1.82) is 0 Å². The molecule has 0 fully saturated rings. The Morgan fingerprint density at radius 3 is 2.00 bits per heavy atom. The molecule has 0 aromatic heterocycles. The zero-order chi connectivity index (χ0) is 20.5. The lowest BCUT2D eigenvalue weighted by Gasteiger charge is -2.17. The smallest absolute Gasteiger partial charge is 0.340 e. The maximum Gasteiger partial charge on any atom is 0.340 e. The normalized spacial score (nSPS) is 10.6. The van der Waals surface area contributed by atoms with E-state index in [-0.39, 0.29) is 25.1 Å². The van der Waals surface area contributed by atoms with Gasteiger partial charge in [-0.15, -0.1) is 0 Å². The molecule has 5 nitrogen and oxygen atoms in total. The second-order valence-corrected chi connectivity index (χ2v) is 6.55. The van der Waals surface area contributed by atoms with Gasteiger partial charge in [0.15, 0.2) is 6.54 Å². The van der Waals surface area contributed by atoms with Crippen LogP contribution in [0.4, 0.5) is 5.69 Å². The van der Waals surface area contributed by atoms with E-state index in [1.165, 1.54) is 0 Å². The molecule has 5 heteroatoms. The Kier molecular flexibility index (Phi) is 7.14. The van der Waals surface area contributed by atoms with Crippen LogP contribution in [0.1, 0.15) is 34.5 Å². The van der Waals surface area contributed by atoms with E-state index in [1.807, 2.05) is 41.7 Å². The molecule has 0 atom stereocenters. The Balaban J connectivity index is 1.71. The van der Waals surface area contributed by atoms with Gasteiger partial charge in [0.1, 0.15) is 6.04 Å². The average molecular weight is 389 g/mol. The summed E-state index contributed by atoms with van der Waals surface area (Å²) in [6.45, 7) is 2.25. The molecule has 0 radical (unpaired) electrons.